The molecule has 6 rings (SSSR count). The Kier molecular flexibility index (Phi) is 5.84. The molecule has 1 N–H and O–H groups in total. The number of anilines is 3. The highest BCUT2D eigenvalue weighted by Gasteiger charge is 2.53. The Bertz CT molecular complexity index is 1590. The van der Waals surface area contributed by atoms with E-state index in [1.54, 1.807) is 0 Å². The van der Waals surface area contributed by atoms with Crippen molar-refractivity contribution in [3.05, 3.63) is 111 Å². The topological polar surface area (TPSA) is 50.8 Å². The van der Waals surface area contributed by atoms with Crippen molar-refractivity contribution in [2.45, 2.75) is 33.3 Å². The monoisotopic (exact) mass is 524 g/mol. The number of hydrogen-bond acceptors (Lipinski definition) is 5. The van der Waals surface area contributed by atoms with Gasteiger partial charge in [-0.3, -0.25) is 0 Å². The van der Waals surface area contributed by atoms with Crippen molar-refractivity contribution in [3.63, 3.8) is 0 Å². The van der Waals surface area contributed by atoms with E-state index in [1.807, 2.05) is 80.6 Å². The second-order valence-electron chi connectivity index (χ2n) is 9.78. The molecule has 0 aromatic heterocycles. The zero-order valence-corrected chi connectivity index (χ0v) is 22.6. The van der Waals surface area contributed by atoms with Crippen LogP contribution in [-0.2, 0) is 10.3 Å². The first-order valence-corrected chi connectivity index (χ1v) is 13.3. The zero-order valence-electron chi connectivity index (χ0n) is 21.9. The van der Waals surface area contributed by atoms with Crippen molar-refractivity contribution in [1.82, 2.24) is 0 Å². The van der Waals surface area contributed by atoms with Gasteiger partial charge in [-0.25, -0.2) is 4.79 Å². The fourth-order valence-corrected chi connectivity index (χ4v) is 5.80. The molecule has 5 nitrogen and oxygen atoms in total. The second-order valence-corrected chi connectivity index (χ2v) is 10.2. The van der Waals surface area contributed by atoms with Gasteiger partial charge < -0.3 is 19.7 Å². The summed E-state index contributed by atoms with van der Waals surface area (Å²) in [4.78, 5) is 15.5. The molecule has 4 aromatic rings. The molecule has 2 aliphatic heterocycles. The third-order valence-electron chi connectivity index (χ3n) is 7.68. The zero-order chi connectivity index (χ0) is 26.6. The normalized spacial score (nSPS) is 16.8. The predicted molar refractivity (Wildman–Crippen MR) is 152 cm³/mol. The number of rotatable bonds is 5. The van der Waals surface area contributed by atoms with E-state index in [1.165, 1.54) is 0 Å². The molecule has 1 atom stereocenters. The Hall–Kier alpha value is -3.96. The Morgan fingerprint density at radius 3 is 2.45 bits per heavy atom. The van der Waals surface area contributed by atoms with Crippen LogP contribution in [0.15, 0.2) is 72.8 Å². The Labute approximate surface area is 228 Å². The standard InChI is InChI=1S/C32H29ClN2O3/c1-5-35(6-2)22-13-14-25-29(18-22)37-28-16-12-21(34-27-15-11-19(3)30(33)20(27)4)17-26(28)32(25)24-10-8-7-9-23(24)31(36)38-32/h7-18,34H,5-6H2,1-4H3. The quantitative estimate of drug-likeness (QED) is 0.267. The summed E-state index contributed by atoms with van der Waals surface area (Å²) in [6, 6.07) is 23.7. The fraction of sp³-hybridized carbons (Fsp3) is 0.219. The van der Waals surface area contributed by atoms with E-state index < -0.39 is 5.60 Å². The van der Waals surface area contributed by atoms with Gasteiger partial charge in [-0.1, -0.05) is 35.9 Å². The van der Waals surface area contributed by atoms with E-state index in [0.29, 0.717) is 17.1 Å². The molecule has 0 fully saturated rings. The molecular weight excluding hydrogens is 496 g/mol. The van der Waals surface area contributed by atoms with Gasteiger partial charge in [0, 0.05) is 57.9 Å². The number of benzene rings is 4. The van der Waals surface area contributed by atoms with Crippen LogP contribution in [0.25, 0.3) is 0 Å². The maximum absolute atomic E-state index is 13.2. The average molecular weight is 525 g/mol. The van der Waals surface area contributed by atoms with Crippen LogP contribution in [0.4, 0.5) is 17.1 Å². The minimum Gasteiger partial charge on any atom is -0.456 e. The first-order valence-electron chi connectivity index (χ1n) is 12.9. The summed E-state index contributed by atoms with van der Waals surface area (Å²) < 4.78 is 12.8. The number of halogens is 1. The van der Waals surface area contributed by atoms with Crippen molar-refractivity contribution in [2.75, 3.05) is 23.3 Å². The maximum atomic E-state index is 13.2. The number of nitrogens with one attached hydrogen (secondary N) is 1. The molecule has 0 saturated heterocycles. The van der Waals surface area contributed by atoms with E-state index in [9.17, 15) is 4.79 Å². The molecule has 6 heteroatoms. The molecule has 1 unspecified atom stereocenters. The average Bonchev–Trinajstić information content (AvgIpc) is 3.23. The summed E-state index contributed by atoms with van der Waals surface area (Å²) in [5.74, 6) is 1.00. The van der Waals surface area contributed by atoms with Crippen LogP contribution in [0, 0.1) is 13.8 Å². The molecule has 0 radical (unpaired) electrons. The van der Waals surface area contributed by atoms with Crippen LogP contribution in [0.3, 0.4) is 0 Å². The van der Waals surface area contributed by atoms with Crippen LogP contribution in [0.1, 0.15) is 52.0 Å². The van der Waals surface area contributed by atoms with E-state index in [2.05, 4.69) is 30.1 Å². The van der Waals surface area contributed by atoms with Crippen molar-refractivity contribution in [2.24, 2.45) is 0 Å². The summed E-state index contributed by atoms with van der Waals surface area (Å²) in [6.07, 6.45) is 0. The van der Waals surface area contributed by atoms with Gasteiger partial charge in [0.05, 0.1) is 5.56 Å². The molecule has 0 bridgehead atoms. The minimum atomic E-state index is -1.12. The van der Waals surface area contributed by atoms with Crippen LogP contribution in [-0.4, -0.2) is 19.1 Å². The van der Waals surface area contributed by atoms with Gasteiger partial charge >= 0.3 is 5.97 Å². The Morgan fingerprint density at radius 1 is 0.868 bits per heavy atom. The summed E-state index contributed by atoms with van der Waals surface area (Å²) in [5, 5.41) is 4.25. The molecule has 2 heterocycles. The first kappa shape index (κ1) is 24.4. The molecule has 1 spiro atoms. The highest BCUT2D eigenvalue weighted by atomic mass is 35.5. The number of ether oxygens (including phenoxy) is 2. The number of fused-ring (bicyclic) bond motifs is 6. The molecule has 0 saturated carbocycles. The molecule has 38 heavy (non-hydrogen) atoms. The van der Waals surface area contributed by atoms with Gasteiger partial charge in [0.1, 0.15) is 11.5 Å². The minimum absolute atomic E-state index is 0.341. The number of hydrogen-bond donors (Lipinski definition) is 1. The number of aryl methyl sites for hydroxylation is 1. The molecule has 0 amide bonds. The molecule has 0 aliphatic carbocycles. The largest absolute Gasteiger partial charge is 0.456 e. The molecule has 2 aliphatic rings. The van der Waals surface area contributed by atoms with Crippen molar-refractivity contribution < 1.29 is 14.3 Å². The van der Waals surface area contributed by atoms with Crippen LogP contribution < -0.4 is 15.0 Å². The highest BCUT2D eigenvalue weighted by Crippen LogP contribution is 2.57. The van der Waals surface area contributed by atoms with Gasteiger partial charge in [-0.2, -0.15) is 0 Å². The van der Waals surface area contributed by atoms with E-state index in [-0.39, 0.29) is 5.97 Å². The third kappa shape index (κ3) is 3.57. The highest BCUT2D eigenvalue weighted by molar-refractivity contribution is 6.32. The van der Waals surface area contributed by atoms with Crippen LogP contribution in [0.2, 0.25) is 5.02 Å². The lowest BCUT2D eigenvalue weighted by Gasteiger charge is -2.37. The predicted octanol–water partition coefficient (Wildman–Crippen LogP) is 8.11. The summed E-state index contributed by atoms with van der Waals surface area (Å²) in [6.45, 7) is 10.0. The molecule has 4 aromatic carbocycles. The van der Waals surface area contributed by atoms with Gasteiger partial charge in [0.2, 0.25) is 0 Å². The number of esters is 1. The van der Waals surface area contributed by atoms with Gasteiger partial charge in [0.15, 0.2) is 5.60 Å². The van der Waals surface area contributed by atoms with Gasteiger partial charge in [0.25, 0.3) is 0 Å². The van der Waals surface area contributed by atoms with Crippen molar-refractivity contribution in [1.29, 1.82) is 0 Å². The Balaban J connectivity index is 1.54. The molecular formula is C32H29ClN2O3. The van der Waals surface area contributed by atoms with Crippen LogP contribution >= 0.6 is 11.6 Å². The smallest absolute Gasteiger partial charge is 0.340 e. The number of nitrogens with zero attached hydrogens (tertiary/aromatic N) is 1. The van der Waals surface area contributed by atoms with E-state index in [0.717, 1.165) is 63.0 Å². The van der Waals surface area contributed by atoms with Crippen molar-refractivity contribution >= 4 is 34.6 Å². The second kappa shape index (κ2) is 9.10. The van der Waals surface area contributed by atoms with Gasteiger partial charge in [-0.15, -0.1) is 0 Å². The van der Waals surface area contributed by atoms with E-state index >= 15 is 0 Å². The number of carbonyl (C=O) groups excluding carboxylic acids is 1. The lowest BCUT2D eigenvalue weighted by molar-refractivity contribution is 0.0224. The molecule has 192 valence electrons. The third-order valence-corrected chi connectivity index (χ3v) is 8.26. The van der Waals surface area contributed by atoms with Crippen LogP contribution in [0.5, 0.6) is 11.5 Å². The summed E-state index contributed by atoms with van der Waals surface area (Å²) in [7, 11) is 0. The fourth-order valence-electron chi connectivity index (χ4n) is 5.64. The Morgan fingerprint density at radius 2 is 1.66 bits per heavy atom. The SMILES string of the molecule is CCN(CC)c1ccc2c(c1)Oc1ccc(Nc3ccc(C)c(Cl)c3C)cc1C21OC(=O)c2ccccc21. The van der Waals surface area contributed by atoms with E-state index in [4.69, 9.17) is 21.1 Å². The maximum Gasteiger partial charge on any atom is 0.340 e. The lowest BCUT2D eigenvalue weighted by Crippen LogP contribution is -2.33. The van der Waals surface area contributed by atoms with Crippen molar-refractivity contribution in [3.8, 4) is 11.5 Å². The first-order chi connectivity index (χ1) is 18.4. The van der Waals surface area contributed by atoms with Gasteiger partial charge in [-0.05, 0) is 81.3 Å². The number of carbonyl (C=O) groups is 1. The summed E-state index contributed by atoms with van der Waals surface area (Å²) >= 11 is 6.53. The lowest BCUT2D eigenvalue weighted by atomic mass is 9.77. The summed E-state index contributed by atoms with van der Waals surface area (Å²) in [5.41, 5.74) is 6.69.